The van der Waals surface area contributed by atoms with Crippen LogP contribution in [0.25, 0.3) is 0 Å². The molecule has 1 saturated heterocycles. The highest BCUT2D eigenvalue weighted by atomic mass is 32.2. The van der Waals surface area contributed by atoms with E-state index in [0.717, 1.165) is 0 Å². The van der Waals surface area contributed by atoms with Crippen molar-refractivity contribution in [3.05, 3.63) is 29.8 Å². The Bertz CT molecular complexity index is 575. The fraction of sp³-hybridized carbons (Fsp3) is 0.462. The molecule has 0 bridgehead atoms. The predicted octanol–water partition coefficient (Wildman–Crippen LogP) is 0.376. The minimum atomic E-state index is -3.16. The summed E-state index contributed by atoms with van der Waals surface area (Å²) in [4.78, 5) is 13.9. The number of nitrogen functional groups attached to an aromatic ring is 1. The third kappa shape index (κ3) is 3.10. The van der Waals surface area contributed by atoms with Gasteiger partial charge >= 0.3 is 0 Å². The van der Waals surface area contributed by atoms with Gasteiger partial charge in [-0.3, -0.25) is 4.79 Å². The summed E-state index contributed by atoms with van der Waals surface area (Å²) >= 11 is 0. The molecule has 20 heavy (non-hydrogen) atoms. The normalized spacial score (nSPS) is 17.1. The fourth-order valence-electron chi connectivity index (χ4n) is 2.16. The fourth-order valence-corrected chi connectivity index (χ4v) is 3.24. The highest BCUT2D eigenvalue weighted by Crippen LogP contribution is 2.13. The van der Waals surface area contributed by atoms with E-state index in [-0.39, 0.29) is 11.7 Å². The molecule has 1 heterocycles. The summed E-state index contributed by atoms with van der Waals surface area (Å²) in [5.74, 6) is 0.0115. The number of carbonyl (C=O) groups excluding carboxylic acids is 1. The van der Waals surface area contributed by atoms with E-state index >= 15 is 0 Å². The summed E-state index contributed by atoms with van der Waals surface area (Å²) < 4.78 is 24.9. The zero-order valence-electron chi connectivity index (χ0n) is 11.4. The average Bonchev–Trinajstić information content (AvgIpc) is 2.47. The number of sulfonamides is 1. The van der Waals surface area contributed by atoms with E-state index in [0.29, 0.717) is 37.4 Å². The van der Waals surface area contributed by atoms with Crippen LogP contribution in [0, 0.1) is 0 Å². The van der Waals surface area contributed by atoms with Crippen LogP contribution in [0.1, 0.15) is 17.3 Å². The Labute approximate surface area is 119 Å². The number of hydrogen-bond donors (Lipinski definition) is 1. The number of benzene rings is 1. The molecule has 1 amide bonds. The number of nitrogens with zero attached hydrogens (tertiary/aromatic N) is 2. The van der Waals surface area contributed by atoms with Gasteiger partial charge in [-0.25, -0.2) is 8.42 Å². The van der Waals surface area contributed by atoms with Crippen LogP contribution in [0.2, 0.25) is 0 Å². The molecule has 0 spiro atoms. The molecule has 6 nitrogen and oxygen atoms in total. The van der Waals surface area contributed by atoms with Crippen molar-refractivity contribution in [3.63, 3.8) is 0 Å². The molecule has 1 aliphatic rings. The van der Waals surface area contributed by atoms with Crippen molar-refractivity contribution in [1.82, 2.24) is 9.21 Å². The van der Waals surface area contributed by atoms with E-state index in [1.54, 1.807) is 36.1 Å². The highest BCUT2D eigenvalue weighted by Gasteiger charge is 2.27. The number of rotatable bonds is 3. The molecule has 7 heteroatoms. The van der Waals surface area contributed by atoms with Crippen molar-refractivity contribution in [1.29, 1.82) is 0 Å². The standard InChI is InChI=1S/C13H19N3O3S/c1-2-20(18,19)16-9-7-15(8-10-16)13(17)11-3-5-12(14)6-4-11/h3-6H,2,7-10,14H2,1H3. The van der Waals surface area contributed by atoms with Crippen LogP contribution in [0.4, 0.5) is 5.69 Å². The Hall–Kier alpha value is -1.60. The third-order valence-corrected chi connectivity index (χ3v) is 5.32. The largest absolute Gasteiger partial charge is 0.399 e. The maximum atomic E-state index is 12.3. The van der Waals surface area contributed by atoms with E-state index < -0.39 is 10.0 Å². The van der Waals surface area contributed by atoms with Gasteiger partial charge in [-0.15, -0.1) is 0 Å². The quantitative estimate of drug-likeness (QED) is 0.817. The maximum absolute atomic E-state index is 12.3. The first-order valence-corrected chi connectivity index (χ1v) is 8.17. The summed E-state index contributed by atoms with van der Waals surface area (Å²) in [5, 5.41) is 0. The SMILES string of the molecule is CCS(=O)(=O)N1CCN(C(=O)c2ccc(N)cc2)CC1. The van der Waals surface area contributed by atoms with Gasteiger partial charge in [0.1, 0.15) is 0 Å². The first kappa shape index (κ1) is 14.8. The summed E-state index contributed by atoms with van der Waals surface area (Å²) in [6.45, 7) is 3.18. The van der Waals surface area contributed by atoms with Gasteiger partial charge < -0.3 is 10.6 Å². The van der Waals surface area contributed by atoms with Crippen molar-refractivity contribution >= 4 is 21.6 Å². The second kappa shape index (κ2) is 5.80. The lowest BCUT2D eigenvalue weighted by atomic mass is 10.1. The topological polar surface area (TPSA) is 83.7 Å². The van der Waals surface area contributed by atoms with Crippen molar-refractivity contribution in [2.75, 3.05) is 37.7 Å². The zero-order chi connectivity index (χ0) is 14.8. The first-order chi connectivity index (χ1) is 9.44. The molecule has 2 N–H and O–H groups in total. The first-order valence-electron chi connectivity index (χ1n) is 6.56. The van der Waals surface area contributed by atoms with Crippen molar-refractivity contribution in [2.45, 2.75) is 6.92 Å². The highest BCUT2D eigenvalue weighted by molar-refractivity contribution is 7.89. The van der Waals surface area contributed by atoms with Gasteiger partial charge in [0.25, 0.3) is 5.91 Å². The number of carbonyl (C=O) groups is 1. The van der Waals surface area contributed by atoms with Crippen LogP contribution in [0.15, 0.2) is 24.3 Å². The molecule has 1 aliphatic heterocycles. The lowest BCUT2D eigenvalue weighted by Crippen LogP contribution is -2.50. The van der Waals surface area contributed by atoms with E-state index in [1.807, 2.05) is 0 Å². The molecule has 0 radical (unpaired) electrons. The minimum absolute atomic E-state index is 0.0847. The van der Waals surface area contributed by atoms with Gasteiger partial charge in [-0.1, -0.05) is 0 Å². The number of amides is 1. The lowest BCUT2D eigenvalue weighted by Gasteiger charge is -2.33. The minimum Gasteiger partial charge on any atom is -0.399 e. The van der Waals surface area contributed by atoms with Crippen molar-refractivity contribution in [2.24, 2.45) is 0 Å². The molecule has 2 rings (SSSR count). The van der Waals surface area contributed by atoms with Crippen molar-refractivity contribution in [3.8, 4) is 0 Å². The second-order valence-corrected chi connectivity index (χ2v) is 6.97. The molecular formula is C13H19N3O3S. The molecule has 110 valence electrons. The zero-order valence-corrected chi connectivity index (χ0v) is 12.3. The Balaban J connectivity index is 2.00. The summed E-state index contributed by atoms with van der Waals surface area (Å²) in [6, 6.07) is 6.75. The summed E-state index contributed by atoms with van der Waals surface area (Å²) in [6.07, 6.45) is 0. The Morgan fingerprint density at radius 3 is 2.20 bits per heavy atom. The van der Waals surface area contributed by atoms with Crippen LogP contribution in [-0.4, -0.2) is 55.5 Å². The average molecular weight is 297 g/mol. The van der Waals surface area contributed by atoms with E-state index in [2.05, 4.69) is 0 Å². The number of nitrogens with two attached hydrogens (primary N) is 1. The summed E-state index contributed by atoms with van der Waals surface area (Å²) in [5.41, 5.74) is 6.77. The predicted molar refractivity (Wildman–Crippen MR) is 77.8 cm³/mol. The van der Waals surface area contributed by atoms with Crippen LogP contribution in [0.5, 0.6) is 0 Å². The van der Waals surface area contributed by atoms with Gasteiger partial charge in [0.2, 0.25) is 10.0 Å². The van der Waals surface area contributed by atoms with Crippen LogP contribution >= 0.6 is 0 Å². The summed E-state index contributed by atoms with van der Waals surface area (Å²) in [7, 11) is -3.16. The maximum Gasteiger partial charge on any atom is 0.253 e. The van der Waals surface area contributed by atoms with Gasteiger partial charge in [-0.2, -0.15) is 4.31 Å². The van der Waals surface area contributed by atoms with E-state index in [4.69, 9.17) is 5.73 Å². The monoisotopic (exact) mass is 297 g/mol. The third-order valence-electron chi connectivity index (χ3n) is 3.44. The molecule has 0 saturated carbocycles. The lowest BCUT2D eigenvalue weighted by molar-refractivity contribution is 0.0698. The van der Waals surface area contributed by atoms with Gasteiger partial charge in [0.05, 0.1) is 5.75 Å². The van der Waals surface area contributed by atoms with E-state index in [1.165, 1.54) is 4.31 Å². The molecular weight excluding hydrogens is 278 g/mol. The molecule has 0 aliphatic carbocycles. The number of piperazine rings is 1. The Kier molecular flexibility index (Phi) is 4.29. The van der Waals surface area contributed by atoms with Crippen LogP contribution in [0.3, 0.4) is 0 Å². The second-order valence-electron chi connectivity index (χ2n) is 4.71. The van der Waals surface area contributed by atoms with E-state index in [9.17, 15) is 13.2 Å². The van der Waals surface area contributed by atoms with Gasteiger partial charge in [-0.05, 0) is 31.2 Å². The number of hydrogen-bond acceptors (Lipinski definition) is 4. The Morgan fingerprint density at radius 1 is 1.15 bits per heavy atom. The van der Waals surface area contributed by atoms with Gasteiger partial charge in [0.15, 0.2) is 0 Å². The van der Waals surface area contributed by atoms with Crippen LogP contribution in [-0.2, 0) is 10.0 Å². The molecule has 1 aromatic carbocycles. The van der Waals surface area contributed by atoms with Crippen molar-refractivity contribution < 1.29 is 13.2 Å². The number of anilines is 1. The molecule has 1 aromatic rings. The molecule has 0 atom stereocenters. The molecule has 1 fully saturated rings. The molecule has 0 aromatic heterocycles. The smallest absolute Gasteiger partial charge is 0.253 e. The van der Waals surface area contributed by atoms with Gasteiger partial charge in [0, 0.05) is 37.4 Å². The van der Waals surface area contributed by atoms with Crippen LogP contribution < -0.4 is 5.73 Å². The Morgan fingerprint density at radius 2 is 1.70 bits per heavy atom. The molecule has 0 unspecified atom stereocenters.